The molecule has 2 aliphatic heterocycles. The molecular formula is C33H37N13O4S. The van der Waals surface area contributed by atoms with Gasteiger partial charge in [-0.05, 0) is 44.4 Å². The van der Waals surface area contributed by atoms with E-state index in [2.05, 4.69) is 54.3 Å². The Morgan fingerprint density at radius 1 is 0.961 bits per heavy atom. The average molecular weight is 712 g/mol. The smallest absolute Gasteiger partial charge is 0.329 e. The molecule has 18 heteroatoms. The minimum Gasteiger partial charge on any atom is -0.352 e. The first-order valence-electron chi connectivity index (χ1n) is 16.9. The van der Waals surface area contributed by atoms with Crippen molar-refractivity contribution < 1.29 is 18.0 Å². The summed E-state index contributed by atoms with van der Waals surface area (Å²) in [6.45, 7) is 8.50. The average Bonchev–Trinajstić information content (AvgIpc) is 3.74. The van der Waals surface area contributed by atoms with Crippen LogP contribution in [0.15, 0.2) is 55.2 Å². The summed E-state index contributed by atoms with van der Waals surface area (Å²) in [5.41, 5.74) is 2.50. The van der Waals surface area contributed by atoms with Gasteiger partial charge in [0.1, 0.15) is 17.5 Å². The van der Waals surface area contributed by atoms with Crippen molar-refractivity contribution in [2.75, 3.05) is 47.8 Å². The van der Waals surface area contributed by atoms with Crippen LogP contribution in [0.25, 0.3) is 22.3 Å². The van der Waals surface area contributed by atoms with Crippen LogP contribution in [-0.2, 0) is 21.4 Å². The van der Waals surface area contributed by atoms with Gasteiger partial charge in [0, 0.05) is 76.4 Å². The topological polar surface area (TPSA) is 189 Å². The van der Waals surface area contributed by atoms with Crippen molar-refractivity contribution in [3.8, 4) is 11.4 Å². The number of imide groups is 1. The predicted molar refractivity (Wildman–Crippen MR) is 189 cm³/mol. The fourth-order valence-electron chi connectivity index (χ4n) is 6.32. The highest BCUT2D eigenvalue weighted by molar-refractivity contribution is 7.90. The molecule has 0 spiro atoms. The lowest BCUT2D eigenvalue weighted by Gasteiger charge is -2.35. The molecule has 1 aliphatic carbocycles. The van der Waals surface area contributed by atoms with Crippen LogP contribution in [0.3, 0.4) is 0 Å². The Morgan fingerprint density at radius 3 is 2.51 bits per heavy atom. The van der Waals surface area contributed by atoms with Gasteiger partial charge in [-0.15, -0.1) is 0 Å². The molecule has 3 fully saturated rings. The second kappa shape index (κ2) is 13.0. The lowest BCUT2D eigenvalue weighted by Crippen LogP contribution is -2.49. The van der Waals surface area contributed by atoms with Crippen molar-refractivity contribution in [2.24, 2.45) is 0 Å². The SMILES string of the molecule is CC(C)n1nc(N2CCN(Cc3ccc(N4CCC(=O)NC4=O)nc3)CC2)c2cnc(Nc3ccnc(-c4cnn(S(=O)(=O)C5CC5)c4)n3)cc21. The molecule has 7 heterocycles. The monoisotopic (exact) mass is 711 g/mol. The molecule has 17 nitrogen and oxygen atoms in total. The molecule has 8 rings (SSSR count). The lowest BCUT2D eigenvalue weighted by molar-refractivity contribution is -0.120. The zero-order valence-corrected chi connectivity index (χ0v) is 29.0. The molecule has 5 aromatic rings. The van der Waals surface area contributed by atoms with Gasteiger partial charge in [0.15, 0.2) is 11.6 Å². The van der Waals surface area contributed by atoms with Gasteiger partial charge in [0.2, 0.25) is 5.91 Å². The molecule has 51 heavy (non-hydrogen) atoms. The number of hydrogen-bond acceptors (Lipinski definition) is 13. The standard InChI is InChI=1S/C33H37N13O4S/c1-21(2)46-26-15-28(38-27-7-9-34-31(39-27)23-17-37-45(20-23)51(49,50)24-4-5-24)35-18-25(26)32(41-46)43-13-11-42(12-14-43)19-22-3-6-29(36-16-22)44-10-8-30(47)40-33(44)48/h3,6-7,9,15-18,20-21,24H,4-5,8,10-14,19H2,1-2H3,(H,40,47,48)(H,34,35,38,39). The predicted octanol–water partition coefficient (Wildman–Crippen LogP) is 2.91. The quantitative estimate of drug-likeness (QED) is 0.215. The maximum absolute atomic E-state index is 12.6. The number of rotatable bonds is 10. The summed E-state index contributed by atoms with van der Waals surface area (Å²) in [5, 5.41) is 15.3. The molecule has 1 saturated carbocycles. The van der Waals surface area contributed by atoms with Gasteiger partial charge in [-0.2, -0.15) is 14.3 Å². The number of fused-ring (bicyclic) bond motifs is 1. The number of urea groups is 1. The van der Waals surface area contributed by atoms with Crippen LogP contribution in [0.5, 0.6) is 0 Å². The Morgan fingerprint density at radius 2 is 1.78 bits per heavy atom. The van der Waals surface area contributed by atoms with E-state index in [4.69, 9.17) is 10.1 Å². The van der Waals surface area contributed by atoms with Crippen LogP contribution in [0, 0.1) is 0 Å². The Hall–Kier alpha value is -5.49. The van der Waals surface area contributed by atoms with Crippen molar-refractivity contribution >= 4 is 56.1 Å². The Kier molecular flexibility index (Phi) is 8.33. The summed E-state index contributed by atoms with van der Waals surface area (Å²) in [4.78, 5) is 47.9. The molecule has 264 valence electrons. The van der Waals surface area contributed by atoms with Crippen LogP contribution < -0.4 is 20.4 Å². The number of hydrogen-bond donors (Lipinski definition) is 2. The number of nitrogens with one attached hydrogen (secondary N) is 2. The van der Waals surface area contributed by atoms with Crippen LogP contribution >= 0.6 is 0 Å². The van der Waals surface area contributed by atoms with Gasteiger partial charge in [0.25, 0.3) is 10.0 Å². The normalized spacial score (nSPS) is 17.4. The summed E-state index contributed by atoms with van der Waals surface area (Å²) in [6.07, 6.45) is 9.73. The first-order valence-corrected chi connectivity index (χ1v) is 18.4. The van der Waals surface area contributed by atoms with Gasteiger partial charge in [-0.25, -0.2) is 33.1 Å². The zero-order valence-electron chi connectivity index (χ0n) is 28.2. The summed E-state index contributed by atoms with van der Waals surface area (Å²) in [5.74, 6) is 2.60. The highest BCUT2D eigenvalue weighted by Crippen LogP contribution is 2.32. The number of aromatic nitrogens is 8. The fourth-order valence-corrected chi connectivity index (χ4v) is 7.79. The Bertz CT molecular complexity index is 2220. The highest BCUT2D eigenvalue weighted by atomic mass is 32.2. The third-order valence-corrected chi connectivity index (χ3v) is 11.3. The van der Waals surface area contributed by atoms with Gasteiger partial charge < -0.3 is 10.2 Å². The van der Waals surface area contributed by atoms with E-state index in [-0.39, 0.29) is 23.6 Å². The lowest BCUT2D eigenvalue weighted by atomic mass is 10.2. The van der Waals surface area contributed by atoms with Crippen molar-refractivity contribution in [1.29, 1.82) is 0 Å². The van der Waals surface area contributed by atoms with E-state index < -0.39 is 16.1 Å². The Labute approximate surface area is 293 Å². The second-order valence-corrected chi connectivity index (χ2v) is 15.3. The number of piperazine rings is 1. The molecule has 0 radical (unpaired) electrons. The van der Waals surface area contributed by atoms with Crippen molar-refractivity contribution in [2.45, 2.75) is 50.9 Å². The molecule has 2 saturated heterocycles. The highest BCUT2D eigenvalue weighted by Gasteiger charge is 2.37. The molecule has 0 atom stereocenters. The van der Waals surface area contributed by atoms with Crippen molar-refractivity contribution in [3.05, 3.63) is 60.8 Å². The van der Waals surface area contributed by atoms with Crippen LogP contribution in [-0.4, -0.2) is 102 Å². The summed E-state index contributed by atoms with van der Waals surface area (Å²) in [6, 6.07) is 7.16. The summed E-state index contributed by atoms with van der Waals surface area (Å²) in [7, 11) is -3.48. The first kappa shape index (κ1) is 32.7. The summed E-state index contributed by atoms with van der Waals surface area (Å²) >= 11 is 0. The van der Waals surface area contributed by atoms with E-state index in [0.29, 0.717) is 48.2 Å². The molecule has 0 aromatic carbocycles. The first-order chi connectivity index (χ1) is 24.6. The van der Waals surface area contributed by atoms with Gasteiger partial charge >= 0.3 is 6.03 Å². The number of carbonyl (C=O) groups excluding carboxylic acids is 2. The maximum Gasteiger partial charge on any atom is 0.329 e. The number of pyridine rings is 2. The fraction of sp³-hybridized carbons (Fsp3) is 0.394. The van der Waals surface area contributed by atoms with Crippen LogP contribution in [0.4, 0.5) is 28.1 Å². The van der Waals surface area contributed by atoms with E-state index in [0.717, 1.165) is 59.1 Å². The van der Waals surface area contributed by atoms with E-state index in [1.165, 1.54) is 17.3 Å². The van der Waals surface area contributed by atoms with E-state index in [1.54, 1.807) is 18.5 Å². The van der Waals surface area contributed by atoms with E-state index >= 15 is 0 Å². The second-order valence-electron chi connectivity index (χ2n) is 13.2. The third kappa shape index (κ3) is 6.59. The molecule has 5 aromatic heterocycles. The molecule has 0 bridgehead atoms. The number of amides is 3. The molecule has 3 amide bonds. The van der Waals surface area contributed by atoms with Gasteiger partial charge in [-0.3, -0.25) is 24.6 Å². The van der Waals surface area contributed by atoms with Gasteiger partial charge in [-0.1, -0.05) is 6.07 Å². The molecular weight excluding hydrogens is 675 g/mol. The van der Waals surface area contributed by atoms with Crippen molar-refractivity contribution in [1.82, 2.24) is 49.1 Å². The Balaban J connectivity index is 0.935. The van der Waals surface area contributed by atoms with E-state index in [9.17, 15) is 18.0 Å². The maximum atomic E-state index is 12.6. The van der Waals surface area contributed by atoms with Crippen LogP contribution in [0.1, 0.15) is 44.7 Å². The number of nitrogens with zero attached hydrogens (tertiary/aromatic N) is 11. The van der Waals surface area contributed by atoms with Crippen molar-refractivity contribution in [3.63, 3.8) is 0 Å². The largest absolute Gasteiger partial charge is 0.352 e. The third-order valence-electron chi connectivity index (χ3n) is 9.22. The summed E-state index contributed by atoms with van der Waals surface area (Å²) < 4.78 is 28.2. The van der Waals surface area contributed by atoms with Gasteiger partial charge in [0.05, 0.1) is 34.1 Å². The molecule has 3 aliphatic rings. The van der Waals surface area contributed by atoms with Crippen LogP contribution in [0.2, 0.25) is 0 Å². The number of carbonyl (C=O) groups is 2. The molecule has 2 N–H and O–H groups in total. The van der Waals surface area contributed by atoms with E-state index in [1.807, 2.05) is 29.1 Å². The zero-order chi connectivity index (χ0) is 35.3. The minimum atomic E-state index is -3.48. The number of anilines is 4. The molecule has 0 unspecified atom stereocenters. The minimum absolute atomic E-state index is 0.110.